The number of hydrogen-bond donors (Lipinski definition) is 1. The number of aliphatic hydroxyl groups excluding tert-OH is 1. The number of rotatable bonds is 7. The summed E-state index contributed by atoms with van der Waals surface area (Å²) in [5.41, 5.74) is 3.80. The predicted octanol–water partition coefficient (Wildman–Crippen LogP) is 2.73. The molecular formula is C19H19N3O2. The summed E-state index contributed by atoms with van der Waals surface area (Å²) in [7, 11) is 0. The second-order valence-electron chi connectivity index (χ2n) is 5.45. The Morgan fingerprint density at radius 1 is 0.792 bits per heavy atom. The van der Waals surface area contributed by atoms with Crippen molar-refractivity contribution in [3.05, 3.63) is 83.3 Å². The van der Waals surface area contributed by atoms with Gasteiger partial charge in [0.2, 0.25) is 5.88 Å². The summed E-state index contributed by atoms with van der Waals surface area (Å²) in [6.45, 7) is 0.452. The Balaban J connectivity index is 1.50. The van der Waals surface area contributed by atoms with Gasteiger partial charge < -0.3 is 9.84 Å². The van der Waals surface area contributed by atoms with Crippen molar-refractivity contribution in [3.63, 3.8) is 0 Å². The van der Waals surface area contributed by atoms with E-state index in [-0.39, 0.29) is 6.61 Å². The molecule has 3 rings (SSSR count). The monoisotopic (exact) mass is 321 g/mol. The molecule has 5 heteroatoms. The van der Waals surface area contributed by atoms with Crippen LogP contribution in [-0.2, 0) is 26.1 Å². The van der Waals surface area contributed by atoms with Crippen LogP contribution in [0.2, 0.25) is 0 Å². The third kappa shape index (κ3) is 4.60. The molecule has 0 aliphatic rings. The van der Waals surface area contributed by atoms with E-state index in [4.69, 9.17) is 9.84 Å². The molecule has 0 atom stereocenters. The molecule has 122 valence electrons. The van der Waals surface area contributed by atoms with Crippen LogP contribution in [0.1, 0.15) is 22.5 Å². The Labute approximate surface area is 141 Å². The molecule has 0 amide bonds. The summed E-state index contributed by atoms with van der Waals surface area (Å²) >= 11 is 0. The quantitative estimate of drug-likeness (QED) is 0.724. The fourth-order valence-electron chi connectivity index (χ4n) is 2.26. The fourth-order valence-corrected chi connectivity index (χ4v) is 2.26. The van der Waals surface area contributed by atoms with Gasteiger partial charge in [0.05, 0.1) is 18.0 Å². The van der Waals surface area contributed by atoms with E-state index in [1.54, 1.807) is 6.20 Å². The maximum Gasteiger partial charge on any atom is 0.233 e. The Kier molecular flexibility index (Phi) is 5.48. The maximum atomic E-state index is 8.99. The first-order valence-corrected chi connectivity index (χ1v) is 7.87. The summed E-state index contributed by atoms with van der Waals surface area (Å²) in [6.07, 6.45) is 3.40. The third-order valence-electron chi connectivity index (χ3n) is 3.64. The molecule has 24 heavy (non-hydrogen) atoms. The zero-order valence-corrected chi connectivity index (χ0v) is 13.3. The molecule has 0 radical (unpaired) electrons. The van der Waals surface area contributed by atoms with E-state index in [9.17, 15) is 0 Å². The van der Waals surface area contributed by atoms with Crippen LogP contribution in [0.15, 0.2) is 60.8 Å². The van der Waals surface area contributed by atoms with Crippen LogP contribution in [0.25, 0.3) is 0 Å². The van der Waals surface area contributed by atoms with Gasteiger partial charge in [-0.15, -0.1) is 5.10 Å². The summed E-state index contributed by atoms with van der Waals surface area (Å²) in [4.78, 5) is 4.17. The molecule has 1 aromatic carbocycles. The van der Waals surface area contributed by atoms with Crippen LogP contribution in [0.4, 0.5) is 0 Å². The molecule has 0 aliphatic carbocycles. The first-order valence-electron chi connectivity index (χ1n) is 7.87. The number of aliphatic hydroxyl groups is 1. The molecule has 0 aliphatic heterocycles. The van der Waals surface area contributed by atoms with Crippen molar-refractivity contribution in [2.45, 2.75) is 26.1 Å². The van der Waals surface area contributed by atoms with Crippen molar-refractivity contribution in [2.24, 2.45) is 0 Å². The number of benzene rings is 1. The highest BCUT2D eigenvalue weighted by atomic mass is 16.5. The number of hydrogen-bond acceptors (Lipinski definition) is 5. The van der Waals surface area contributed by atoms with E-state index in [1.807, 2.05) is 54.6 Å². The van der Waals surface area contributed by atoms with E-state index in [2.05, 4.69) is 15.2 Å². The normalized spacial score (nSPS) is 10.5. The van der Waals surface area contributed by atoms with Crippen molar-refractivity contribution in [3.8, 4) is 5.88 Å². The summed E-state index contributed by atoms with van der Waals surface area (Å²) in [6, 6.07) is 17.6. The van der Waals surface area contributed by atoms with E-state index in [0.717, 1.165) is 29.7 Å². The third-order valence-corrected chi connectivity index (χ3v) is 3.64. The lowest BCUT2D eigenvalue weighted by molar-refractivity contribution is 0.277. The Hall–Kier alpha value is -2.79. The Morgan fingerprint density at radius 3 is 2.29 bits per heavy atom. The summed E-state index contributed by atoms with van der Waals surface area (Å²) < 4.78 is 5.63. The van der Waals surface area contributed by atoms with Crippen molar-refractivity contribution in [1.82, 2.24) is 15.2 Å². The number of aryl methyl sites for hydroxylation is 2. The zero-order chi connectivity index (χ0) is 16.6. The minimum Gasteiger partial charge on any atom is -0.472 e. The second kappa shape index (κ2) is 8.17. The number of nitrogens with zero attached hydrogens (tertiary/aromatic N) is 3. The lowest BCUT2D eigenvalue weighted by Crippen LogP contribution is -2.01. The fraction of sp³-hybridized carbons (Fsp3) is 0.211. The standard InChI is InChI=1S/C19H19N3O2/c23-13-18-9-7-15(12-20-18)6-8-17-10-11-19(22-21-17)24-14-16-4-2-1-3-5-16/h1-5,7,9-12,23H,6,8,13-14H2. The number of ether oxygens (including phenoxy) is 1. The molecule has 0 unspecified atom stereocenters. The van der Waals surface area contributed by atoms with E-state index in [1.165, 1.54) is 0 Å². The second-order valence-corrected chi connectivity index (χ2v) is 5.45. The molecule has 0 spiro atoms. The Bertz CT molecular complexity index is 744. The first kappa shape index (κ1) is 16.1. The van der Waals surface area contributed by atoms with Crippen LogP contribution < -0.4 is 4.74 Å². The first-order chi connectivity index (χ1) is 11.8. The molecule has 1 N–H and O–H groups in total. The lowest BCUT2D eigenvalue weighted by Gasteiger charge is -2.06. The topological polar surface area (TPSA) is 68.1 Å². The van der Waals surface area contributed by atoms with E-state index in [0.29, 0.717) is 18.2 Å². The summed E-state index contributed by atoms with van der Waals surface area (Å²) in [5.74, 6) is 0.525. The molecule has 0 bridgehead atoms. The molecule has 3 aromatic rings. The van der Waals surface area contributed by atoms with Crippen LogP contribution in [0.3, 0.4) is 0 Å². The summed E-state index contributed by atoms with van der Waals surface area (Å²) in [5, 5.41) is 17.3. The smallest absolute Gasteiger partial charge is 0.233 e. The molecule has 2 heterocycles. The SMILES string of the molecule is OCc1ccc(CCc2ccc(OCc3ccccc3)nn2)cn1. The highest BCUT2D eigenvalue weighted by Crippen LogP contribution is 2.10. The van der Waals surface area contributed by atoms with Gasteiger partial charge in [0, 0.05) is 12.3 Å². The van der Waals surface area contributed by atoms with Gasteiger partial charge in [0.15, 0.2) is 0 Å². The van der Waals surface area contributed by atoms with Gasteiger partial charge in [-0.2, -0.15) is 5.10 Å². The average Bonchev–Trinajstić information content (AvgIpc) is 2.67. The van der Waals surface area contributed by atoms with Gasteiger partial charge in [-0.05, 0) is 36.1 Å². The van der Waals surface area contributed by atoms with Crippen molar-refractivity contribution < 1.29 is 9.84 Å². The molecule has 0 fully saturated rings. The van der Waals surface area contributed by atoms with E-state index >= 15 is 0 Å². The van der Waals surface area contributed by atoms with Gasteiger partial charge >= 0.3 is 0 Å². The molecular weight excluding hydrogens is 302 g/mol. The van der Waals surface area contributed by atoms with Gasteiger partial charge in [-0.3, -0.25) is 4.98 Å². The van der Waals surface area contributed by atoms with Crippen molar-refractivity contribution >= 4 is 0 Å². The van der Waals surface area contributed by atoms with Crippen LogP contribution in [-0.4, -0.2) is 20.3 Å². The molecule has 0 saturated carbocycles. The number of pyridine rings is 1. The van der Waals surface area contributed by atoms with Crippen molar-refractivity contribution in [1.29, 1.82) is 0 Å². The van der Waals surface area contributed by atoms with Crippen LogP contribution in [0.5, 0.6) is 5.88 Å². The molecule has 5 nitrogen and oxygen atoms in total. The zero-order valence-electron chi connectivity index (χ0n) is 13.3. The predicted molar refractivity (Wildman–Crippen MR) is 90.4 cm³/mol. The average molecular weight is 321 g/mol. The maximum absolute atomic E-state index is 8.99. The molecule has 0 saturated heterocycles. The largest absolute Gasteiger partial charge is 0.472 e. The lowest BCUT2D eigenvalue weighted by atomic mass is 10.1. The minimum atomic E-state index is -0.0315. The highest BCUT2D eigenvalue weighted by Gasteiger charge is 2.02. The molecule has 2 aromatic heterocycles. The van der Waals surface area contributed by atoms with Gasteiger partial charge in [-0.1, -0.05) is 36.4 Å². The number of aromatic nitrogens is 3. The Morgan fingerprint density at radius 2 is 1.62 bits per heavy atom. The van der Waals surface area contributed by atoms with Gasteiger partial charge in [0.1, 0.15) is 6.61 Å². The van der Waals surface area contributed by atoms with Crippen molar-refractivity contribution in [2.75, 3.05) is 0 Å². The van der Waals surface area contributed by atoms with E-state index < -0.39 is 0 Å². The van der Waals surface area contributed by atoms with Crippen LogP contribution >= 0.6 is 0 Å². The van der Waals surface area contributed by atoms with Crippen LogP contribution in [0, 0.1) is 0 Å². The minimum absolute atomic E-state index is 0.0315. The van der Waals surface area contributed by atoms with Gasteiger partial charge in [0.25, 0.3) is 0 Å². The highest BCUT2D eigenvalue weighted by molar-refractivity contribution is 5.18. The van der Waals surface area contributed by atoms with Gasteiger partial charge in [-0.25, -0.2) is 0 Å².